The van der Waals surface area contributed by atoms with Gasteiger partial charge in [-0.1, -0.05) is 35.0 Å². The third-order valence-corrected chi connectivity index (χ3v) is 4.37. The smallest absolute Gasteiger partial charge is 0.118 e. The highest BCUT2D eigenvalue weighted by Crippen LogP contribution is 2.31. The second kappa shape index (κ2) is 7.14. The maximum absolute atomic E-state index is 5.20. The fraction of sp³-hybridized carbons (Fsp3) is 0.250. The van der Waals surface area contributed by atoms with E-state index < -0.39 is 0 Å². The maximum Gasteiger partial charge on any atom is 0.118 e. The number of methoxy groups -OCH3 is 1. The molecule has 1 atom stereocenters. The Bertz CT molecular complexity index is 569. The van der Waals surface area contributed by atoms with E-state index in [0.29, 0.717) is 0 Å². The van der Waals surface area contributed by atoms with E-state index in [1.165, 1.54) is 5.56 Å². The van der Waals surface area contributed by atoms with Crippen molar-refractivity contribution in [2.75, 3.05) is 12.4 Å². The first-order valence-corrected chi connectivity index (χ1v) is 8.08. The molecule has 20 heavy (non-hydrogen) atoms. The van der Waals surface area contributed by atoms with Crippen LogP contribution in [0.2, 0.25) is 0 Å². The zero-order valence-electron chi connectivity index (χ0n) is 11.5. The van der Waals surface area contributed by atoms with E-state index in [9.17, 15) is 0 Å². The molecule has 0 heterocycles. The normalized spacial score (nSPS) is 12.0. The minimum atomic E-state index is 0.270. The van der Waals surface area contributed by atoms with Crippen LogP contribution in [0.3, 0.4) is 0 Å². The fourth-order valence-corrected chi connectivity index (χ4v) is 2.78. The van der Waals surface area contributed by atoms with Gasteiger partial charge in [-0.3, -0.25) is 0 Å². The Morgan fingerprint density at radius 1 is 1.10 bits per heavy atom. The van der Waals surface area contributed by atoms with Gasteiger partial charge in [0.05, 0.1) is 18.8 Å². The largest absolute Gasteiger partial charge is 0.497 e. The minimum absolute atomic E-state index is 0.270. The molecule has 0 fully saturated rings. The predicted octanol–water partition coefficient (Wildman–Crippen LogP) is 5.78. The van der Waals surface area contributed by atoms with E-state index in [-0.39, 0.29) is 6.04 Å². The van der Waals surface area contributed by atoms with Crippen molar-refractivity contribution >= 4 is 37.5 Å². The number of ether oxygens (including phenoxy) is 1. The van der Waals surface area contributed by atoms with Crippen LogP contribution in [0, 0.1) is 0 Å². The highest BCUT2D eigenvalue weighted by Gasteiger charge is 2.11. The van der Waals surface area contributed by atoms with Gasteiger partial charge in [0, 0.05) is 8.95 Å². The summed E-state index contributed by atoms with van der Waals surface area (Å²) in [5.41, 5.74) is 2.34. The van der Waals surface area contributed by atoms with Crippen molar-refractivity contribution in [3.8, 4) is 5.75 Å². The topological polar surface area (TPSA) is 21.3 Å². The lowest BCUT2D eigenvalue weighted by molar-refractivity contribution is 0.414. The van der Waals surface area contributed by atoms with Crippen molar-refractivity contribution < 1.29 is 4.74 Å². The van der Waals surface area contributed by atoms with Crippen LogP contribution in [-0.4, -0.2) is 7.11 Å². The van der Waals surface area contributed by atoms with Crippen LogP contribution in [0.15, 0.2) is 51.4 Å². The van der Waals surface area contributed by atoms with Crippen LogP contribution in [0.1, 0.15) is 24.9 Å². The summed E-state index contributed by atoms with van der Waals surface area (Å²) in [5, 5.41) is 3.57. The van der Waals surface area contributed by atoms with Gasteiger partial charge in [-0.25, -0.2) is 0 Å². The number of hydrogen-bond acceptors (Lipinski definition) is 2. The zero-order chi connectivity index (χ0) is 14.5. The lowest BCUT2D eigenvalue weighted by atomic mass is 10.0. The second-order valence-corrected chi connectivity index (χ2v) is 6.27. The molecule has 0 amide bonds. The molecule has 106 valence electrons. The van der Waals surface area contributed by atoms with Gasteiger partial charge in [-0.15, -0.1) is 0 Å². The molecule has 2 nitrogen and oxygen atoms in total. The van der Waals surface area contributed by atoms with Gasteiger partial charge >= 0.3 is 0 Å². The predicted molar refractivity (Wildman–Crippen MR) is 91.5 cm³/mol. The van der Waals surface area contributed by atoms with Crippen molar-refractivity contribution in [2.45, 2.75) is 19.4 Å². The van der Waals surface area contributed by atoms with E-state index in [2.05, 4.69) is 62.3 Å². The zero-order valence-corrected chi connectivity index (χ0v) is 14.7. The third kappa shape index (κ3) is 3.76. The summed E-state index contributed by atoms with van der Waals surface area (Å²) < 4.78 is 7.33. The van der Waals surface area contributed by atoms with Gasteiger partial charge in [0.1, 0.15) is 5.75 Å². The monoisotopic (exact) mass is 397 g/mol. The quantitative estimate of drug-likeness (QED) is 0.688. The molecule has 1 unspecified atom stereocenters. The summed E-state index contributed by atoms with van der Waals surface area (Å²) in [6.45, 7) is 2.17. The Morgan fingerprint density at radius 2 is 1.80 bits per heavy atom. The summed E-state index contributed by atoms with van der Waals surface area (Å²) in [7, 11) is 1.68. The van der Waals surface area contributed by atoms with E-state index in [1.807, 2.05) is 24.3 Å². The van der Waals surface area contributed by atoms with Crippen LogP contribution in [0.5, 0.6) is 5.75 Å². The highest BCUT2D eigenvalue weighted by molar-refractivity contribution is 9.11. The fourth-order valence-electron chi connectivity index (χ4n) is 2.05. The van der Waals surface area contributed by atoms with Crippen LogP contribution in [-0.2, 0) is 0 Å². The summed E-state index contributed by atoms with van der Waals surface area (Å²) >= 11 is 7.09. The Morgan fingerprint density at radius 3 is 2.40 bits per heavy atom. The van der Waals surface area contributed by atoms with Crippen LogP contribution in [0.25, 0.3) is 0 Å². The molecule has 0 aliphatic heterocycles. The Kier molecular flexibility index (Phi) is 5.49. The molecular weight excluding hydrogens is 382 g/mol. The Hall–Kier alpha value is -1.00. The standard InChI is InChI=1S/C16H17Br2NO/c1-3-15(11-4-7-13(20-2)8-5-11)19-16-10-12(17)6-9-14(16)18/h4-10,15,19H,3H2,1-2H3. The van der Waals surface area contributed by atoms with Crippen molar-refractivity contribution in [3.05, 3.63) is 57.0 Å². The van der Waals surface area contributed by atoms with Crippen LogP contribution in [0.4, 0.5) is 5.69 Å². The number of halogens is 2. The lowest BCUT2D eigenvalue weighted by Crippen LogP contribution is -2.10. The van der Waals surface area contributed by atoms with E-state index >= 15 is 0 Å². The van der Waals surface area contributed by atoms with Crippen LogP contribution >= 0.6 is 31.9 Å². The SMILES string of the molecule is CCC(Nc1cc(Br)ccc1Br)c1ccc(OC)cc1. The highest BCUT2D eigenvalue weighted by atomic mass is 79.9. The molecule has 0 saturated carbocycles. The molecule has 4 heteroatoms. The molecule has 0 aromatic heterocycles. The second-order valence-electron chi connectivity index (χ2n) is 4.50. The number of anilines is 1. The van der Waals surface area contributed by atoms with Gasteiger partial charge < -0.3 is 10.1 Å². The third-order valence-electron chi connectivity index (χ3n) is 3.18. The minimum Gasteiger partial charge on any atom is -0.497 e. The van der Waals surface area contributed by atoms with Gasteiger partial charge in [-0.2, -0.15) is 0 Å². The van der Waals surface area contributed by atoms with E-state index in [1.54, 1.807) is 7.11 Å². The number of benzene rings is 2. The average Bonchev–Trinajstić information content (AvgIpc) is 2.48. The molecule has 0 aliphatic carbocycles. The Labute approximate surface area is 136 Å². The molecule has 0 aliphatic rings. The Balaban J connectivity index is 2.21. The van der Waals surface area contributed by atoms with Gasteiger partial charge in [-0.05, 0) is 58.2 Å². The molecule has 0 spiro atoms. The summed E-state index contributed by atoms with van der Waals surface area (Å²) in [5.74, 6) is 0.882. The first kappa shape index (κ1) is 15.4. The molecule has 2 rings (SSSR count). The number of rotatable bonds is 5. The first-order chi connectivity index (χ1) is 9.63. The average molecular weight is 399 g/mol. The number of nitrogens with one attached hydrogen (secondary N) is 1. The molecule has 0 saturated heterocycles. The van der Waals surface area contributed by atoms with E-state index in [4.69, 9.17) is 4.74 Å². The summed E-state index contributed by atoms with van der Waals surface area (Å²) in [6, 6.07) is 14.6. The van der Waals surface area contributed by atoms with Crippen LogP contribution < -0.4 is 10.1 Å². The molecular formula is C16H17Br2NO. The molecule has 0 radical (unpaired) electrons. The molecule has 0 bridgehead atoms. The summed E-state index contributed by atoms with van der Waals surface area (Å²) in [6.07, 6.45) is 1.01. The number of hydrogen-bond donors (Lipinski definition) is 1. The van der Waals surface area contributed by atoms with Gasteiger partial charge in [0.2, 0.25) is 0 Å². The molecule has 1 N–H and O–H groups in total. The van der Waals surface area contributed by atoms with Crippen molar-refractivity contribution in [2.24, 2.45) is 0 Å². The first-order valence-electron chi connectivity index (χ1n) is 6.49. The van der Waals surface area contributed by atoms with Gasteiger partial charge in [0.25, 0.3) is 0 Å². The van der Waals surface area contributed by atoms with Crippen molar-refractivity contribution in [1.29, 1.82) is 0 Å². The molecule has 2 aromatic carbocycles. The molecule has 2 aromatic rings. The lowest BCUT2D eigenvalue weighted by Gasteiger charge is -2.20. The van der Waals surface area contributed by atoms with E-state index in [0.717, 1.165) is 26.8 Å². The summed E-state index contributed by atoms with van der Waals surface area (Å²) in [4.78, 5) is 0. The van der Waals surface area contributed by atoms with Crippen molar-refractivity contribution in [1.82, 2.24) is 0 Å². The maximum atomic E-state index is 5.20. The van der Waals surface area contributed by atoms with Crippen molar-refractivity contribution in [3.63, 3.8) is 0 Å². The van der Waals surface area contributed by atoms with Gasteiger partial charge in [0.15, 0.2) is 0 Å².